The van der Waals surface area contributed by atoms with Crippen molar-refractivity contribution in [1.29, 1.82) is 0 Å². The van der Waals surface area contributed by atoms with Crippen molar-refractivity contribution in [2.24, 2.45) is 5.73 Å². The number of nitrogens with zero attached hydrogens (tertiary/aromatic N) is 3. The van der Waals surface area contributed by atoms with Gasteiger partial charge in [-0.1, -0.05) is 0 Å². The van der Waals surface area contributed by atoms with E-state index in [9.17, 15) is 18.4 Å². The average molecular weight is 433 g/mol. The third-order valence-corrected chi connectivity index (χ3v) is 5.25. The number of ether oxygens (including phenoxy) is 2. The van der Waals surface area contributed by atoms with Crippen molar-refractivity contribution in [2.45, 2.75) is 38.9 Å². The number of aryl methyl sites for hydroxylation is 1. The highest BCUT2D eigenvalue weighted by atomic mass is 19.3. The molecule has 1 aromatic carbocycles. The molecule has 0 spiro atoms. The van der Waals surface area contributed by atoms with Crippen LogP contribution in [-0.2, 0) is 20.9 Å². The number of aromatic nitrogens is 2. The van der Waals surface area contributed by atoms with Crippen LogP contribution >= 0.6 is 0 Å². The number of nitrogens with one attached hydrogen (secondary N) is 1. The highest BCUT2D eigenvalue weighted by Crippen LogP contribution is 2.40. The summed E-state index contributed by atoms with van der Waals surface area (Å²) < 4.78 is 39.7. The molecular weight excluding hydrogens is 412 g/mol. The summed E-state index contributed by atoms with van der Waals surface area (Å²) in [5.74, 6) is 1.99. The summed E-state index contributed by atoms with van der Waals surface area (Å²) in [5, 5.41) is 3.02. The lowest BCUT2D eigenvalue weighted by molar-refractivity contribution is -0.118. The lowest BCUT2D eigenvalue weighted by atomic mass is 10.1. The zero-order chi connectivity index (χ0) is 22.3. The molecule has 2 aromatic rings. The monoisotopic (exact) mass is 433 g/mol. The number of alkyl halides is 2. The van der Waals surface area contributed by atoms with E-state index in [1.165, 1.54) is 0 Å². The molecule has 31 heavy (non-hydrogen) atoms. The zero-order valence-corrected chi connectivity index (χ0v) is 16.9. The number of halogens is 2. The van der Waals surface area contributed by atoms with Gasteiger partial charge in [0.05, 0.1) is 12.1 Å². The Hall–Kier alpha value is -3.59. The van der Waals surface area contributed by atoms with Crippen molar-refractivity contribution < 1.29 is 27.8 Å². The van der Waals surface area contributed by atoms with E-state index >= 15 is 0 Å². The maximum atomic E-state index is 13.5. The topological polar surface area (TPSA) is 112 Å². The standard InChI is InChI=1S/C20H21F2N5O4/c1-10-5-12(24-11(2)19(23)29)6-14-17(10)20-25-15(7-26(20)3-4-30-14)27-13(18(21)22)9-31-16(27)8-28/h5-7,11,13,18,24H,3-4,9H2,1-2H3,(H2,23,29)/t11-,13-/m0/s1. The normalized spacial score (nSPS) is 18.4. The first-order chi connectivity index (χ1) is 14.8. The van der Waals surface area contributed by atoms with Gasteiger partial charge in [-0.25, -0.2) is 18.6 Å². The van der Waals surface area contributed by atoms with Crippen LogP contribution in [0.4, 0.5) is 20.3 Å². The number of anilines is 2. The first-order valence-corrected chi connectivity index (χ1v) is 9.66. The number of hydrogen-bond donors (Lipinski definition) is 2. The molecule has 2 aliphatic heterocycles. The summed E-state index contributed by atoms with van der Waals surface area (Å²) in [4.78, 5) is 28.2. The van der Waals surface area contributed by atoms with Crippen LogP contribution in [-0.4, -0.2) is 53.1 Å². The minimum absolute atomic E-state index is 0.174. The highest BCUT2D eigenvalue weighted by molar-refractivity contribution is 5.83. The summed E-state index contributed by atoms with van der Waals surface area (Å²) in [6.45, 7) is 3.92. The molecule has 0 radical (unpaired) electrons. The maximum Gasteiger partial charge on any atom is 0.284 e. The molecule has 0 saturated carbocycles. The molecular formula is C20H21F2N5O4. The van der Waals surface area contributed by atoms with Gasteiger partial charge in [-0.2, -0.15) is 0 Å². The minimum Gasteiger partial charge on any atom is -0.491 e. The van der Waals surface area contributed by atoms with Crippen molar-refractivity contribution in [3.63, 3.8) is 0 Å². The maximum absolute atomic E-state index is 13.5. The average Bonchev–Trinajstić information content (AvgIpc) is 3.27. The molecule has 2 aliphatic rings. The van der Waals surface area contributed by atoms with Gasteiger partial charge in [0.25, 0.3) is 12.3 Å². The Morgan fingerprint density at radius 1 is 1.39 bits per heavy atom. The highest BCUT2D eigenvalue weighted by Gasteiger charge is 2.40. The van der Waals surface area contributed by atoms with E-state index in [2.05, 4.69) is 10.3 Å². The van der Waals surface area contributed by atoms with Gasteiger partial charge in [0.15, 0.2) is 11.8 Å². The van der Waals surface area contributed by atoms with Crippen LogP contribution in [0.25, 0.3) is 11.4 Å². The number of nitrogens with two attached hydrogens (primary N) is 1. The van der Waals surface area contributed by atoms with Crippen LogP contribution in [0, 0.1) is 6.92 Å². The molecule has 1 fully saturated rings. The number of carbonyl (C=O) groups is 1. The molecule has 9 nitrogen and oxygen atoms in total. The third-order valence-electron chi connectivity index (χ3n) is 5.25. The molecule has 2 atom stereocenters. The van der Waals surface area contributed by atoms with Crippen molar-refractivity contribution in [2.75, 3.05) is 23.4 Å². The number of fused-ring (bicyclic) bond motifs is 3. The summed E-state index contributed by atoms with van der Waals surface area (Å²) >= 11 is 0. The van der Waals surface area contributed by atoms with Gasteiger partial charge in [-0.15, -0.1) is 0 Å². The summed E-state index contributed by atoms with van der Waals surface area (Å²) in [5.41, 5.74) is 7.46. The Morgan fingerprint density at radius 2 is 2.16 bits per heavy atom. The van der Waals surface area contributed by atoms with Gasteiger partial charge < -0.3 is 25.1 Å². The number of amides is 1. The summed E-state index contributed by atoms with van der Waals surface area (Å²) in [7, 11) is 0. The Morgan fingerprint density at radius 3 is 2.84 bits per heavy atom. The quantitative estimate of drug-likeness (QED) is 0.690. The first kappa shape index (κ1) is 20.7. The Balaban J connectivity index is 1.76. The molecule has 3 heterocycles. The fourth-order valence-electron chi connectivity index (χ4n) is 3.70. The second-order valence-electron chi connectivity index (χ2n) is 7.39. The smallest absolute Gasteiger partial charge is 0.284 e. The van der Waals surface area contributed by atoms with E-state index in [4.69, 9.17) is 15.2 Å². The largest absolute Gasteiger partial charge is 0.491 e. The van der Waals surface area contributed by atoms with Gasteiger partial charge >= 0.3 is 0 Å². The molecule has 0 aliphatic carbocycles. The zero-order valence-electron chi connectivity index (χ0n) is 16.9. The second kappa shape index (κ2) is 7.92. The number of primary amides is 1. The van der Waals surface area contributed by atoms with E-state index in [-0.39, 0.29) is 18.3 Å². The summed E-state index contributed by atoms with van der Waals surface area (Å²) in [6.07, 6.45) is -1.14. The van der Waals surface area contributed by atoms with Crippen LogP contribution in [0.3, 0.4) is 0 Å². The Kier molecular flexibility index (Phi) is 5.28. The van der Waals surface area contributed by atoms with Gasteiger partial charge in [-0.05, 0) is 25.5 Å². The fourth-order valence-corrected chi connectivity index (χ4v) is 3.70. The van der Waals surface area contributed by atoms with E-state index in [0.29, 0.717) is 36.0 Å². The molecule has 11 heteroatoms. The SMILES string of the molecule is Cc1cc(N[C@@H](C)C(N)=O)cc2c1-c1nc(N3C(=C=O)OC[C@H]3C(F)F)cn1CCO2. The lowest BCUT2D eigenvalue weighted by Gasteiger charge is -2.19. The van der Waals surface area contributed by atoms with Crippen LogP contribution < -0.4 is 20.7 Å². The molecule has 1 amide bonds. The van der Waals surface area contributed by atoms with Crippen LogP contribution in [0.15, 0.2) is 24.2 Å². The van der Waals surface area contributed by atoms with Crippen molar-refractivity contribution in [3.8, 4) is 17.1 Å². The number of imidazole rings is 1. The Bertz CT molecular complexity index is 1080. The molecule has 4 rings (SSSR count). The molecule has 0 unspecified atom stereocenters. The van der Waals surface area contributed by atoms with Gasteiger partial charge in [0.1, 0.15) is 36.9 Å². The minimum atomic E-state index is -2.73. The molecule has 3 N–H and O–H groups in total. The van der Waals surface area contributed by atoms with Crippen LogP contribution in [0.1, 0.15) is 12.5 Å². The predicted molar refractivity (Wildman–Crippen MR) is 108 cm³/mol. The third kappa shape index (κ3) is 3.68. The second-order valence-corrected chi connectivity index (χ2v) is 7.39. The predicted octanol–water partition coefficient (Wildman–Crippen LogP) is 1.68. The molecule has 0 bridgehead atoms. The number of benzene rings is 1. The van der Waals surface area contributed by atoms with E-state index in [1.807, 2.05) is 13.0 Å². The van der Waals surface area contributed by atoms with Crippen molar-refractivity contribution in [1.82, 2.24) is 9.55 Å². The van der Waals surface area contributed by atoms with Crippen LogP contribution in [0.5, 0.6) is 5.75 Å². The lowest BCUT2D eigenvalue weighted by Crippen LogP contribution is -2.36. The van der Waals surface area contributed by atoms with E-state index in [0.717, 1.165) is 10.5 Å². The Labute approximate surface area is 176 Å². The van der Waals surface area contributed by atoms with E-state index < -0.39 is 24.4 Å². The van der Waals surface area contributed by atoms with Gasteiger partial charge in [0.2, 0.25) is 5.91 Å². The van der Waals surface area contributed by atoms with E-state index in [1.54, 1.807) is 29.7 Å². The number of hydrogen-bond acceptors (Lipinski definition) is 7. The molecule has 1 saturated heterocycles. The number of rotatable bonds is 5. The molecule has 164 valence electrons. The van der Waals surface area contributed by atoms with Crippen molar-refractivity contribution >= 4 is 23.4 Å². The van der Waals surface area contributed by atoms with Gasteiger partial charge in [-0.3, -0.25) is 9.69 Å². The first-order valence-electron chi connectivity index (χ1n) is 9.66. The summed E-state index contributed by atoms with van der Waals surface area (Å²) in [6, 6.07) is 1.66. The van der Waals surface area contributed by atoms with Gasteiger partial charge in [0, 0.05) is 18.0 Å². The van der Waals surface area contributed by atoms with Crippen LogP contribution in [0.2, 0.25) is 0 Å². The molecule has 1 aromatic heterocycles. The van der Waals surface area contributed by atoms with Crippen molar-refractivity contribution in [3.05, 3.63) is 29.8 Å². The fraction of sp³-hybridized carbons (Fsp3) is 0.400. The number of carbonyl (C=O) groups excluding carboxylic acids is 2.